The van der Waals surface area contributed by atoms with Crippen molar-refractivity contribution in [2.24, 2.45) is 5.92 Å². The standard InChI is InChI=1S/C16H19N3O/c1-18-15(9-13-5-3-2-4-6-13)10-14(16(18)20)11-19-8-7-17-12-19/h2-8,12,14-15H,9-11H2,1H3/t14?,15-/m0/s1. The Balaban J connectivity index is 1.67. The molecule has 1 fully saturated rings. The van der Waals surface area contributed by atoms with Gasteiger partial charge in [0.05, 0.1) is 12.2 Å². The number of hydrogen-bond donors (Lipinski definition) is 0. The van der Waals surface area contributed by atoms with Gasteiger partial charge in [0, 0.05) is 32.0 Å². The lowest BCUT2D eigenvalue weighted by Gasteiger charge is -2.19. The van der Waals surface area contributed by atoms with Crippen LogP contribution in [0.4, 0.5) is 0 Å². The van der Waals surface area contributed by atoms with E-state index in [2.05, 4.69) is 29.2 Å². The van der Waals surface area contributed by atoms with E-state index in [-0.39, 0.29) is 11.8 Å². The highest BCUT2D eigenvalue weighted by Crippen LogP contribution is 2.27. The van der Waals surface area contributed by atoms with Crippen molar-refractivity contribution in [1.82, 2.24) is 14.5 Å². The molecule has 1 unspecified atom stereocenters. The van der Waals surface area contributed by atoms with Crippen LogP contribution in [0, 0.1) is 5.92 Å². The monoisotopic (exact) mass is 269 g/mol. The zero-order chi connectivity index (χ0) is 13.9. The highest BCUT2D eigenvalue weighted by atomic mass is 16.2. The Kier molecular flexibility index (Phi) is 3.54. The van der Waals surface area contributed by atoms with Gasteiger partial charge in [0.15, 0.2) is 0 Å². The van der Waals surface area contributed by atoms with Gasteiger partial charge >= 0.3 is 0 Å². The van der Waals surface area contributed by atoms with E-state index in [9.17, 15) is 4.79 Å². The van der Waals surface area contributed by atoms with Crippen molar-refractivity contribution in [2.45, 2.75) is 25.4 Å². The molecule has 20 heavy (non-hydrogen) atoms. The van der Waals surface area contributed by atoms with E-state index in [1.165, 1.54) is 5.56 Å². The minimum absolute atomic E-state index is 0.0721. The van der Waals surface area contributed by atoms with Crippen LogP contribution in [-0.4, -0.2) is 33.4 Å². The van der Waals surface area contributed by atoms with E-state index in [0.29, 0.717) is 6.04 Å². The third-order valence-corrected chi connectivity index (χ3v) is 4.11. The molecule has 1 aromatic heterocycles. The average molecular weight is 269 g/mol. The number of aromatic nitrogens is 2. The Morgan fingerprint density at radius 2 is 2.10 bits per heavy atom. The van der Waals surface area contributed by atoms with Crippen molar-refractivity contribution in [3.63, 3.8) is 0 Å². The molecule has 0 aliphatic carbocycles. The van der Waals surface area contributed by atoms with Gasteiger partial charge in [-0.25, -0.2) is 4.98 Å². The van der Waals surface area contributed by atoms with Gasteiger partial charge in [-0.1, -0.05) is 30.3 Å². The quantitative estimate of drug-likeness (QED) is 0.851. The van der Waals surface area contributed by atoms with Crippen LogP contribution < -0.4 is 0 Å². The molecule has 0 bridgehead atoms. The first kappa shape index (κ1) is 12.9. The molecular weight excluding hydrogens is 250 g/mol. The second-order valence-electron chi connectivity index (χ2n) is 5.48. The lowest BCUT2D eigenvalue weighted by molar-refractivity contribution is -0.131. The van der Waals surface area contributed by atoms with Crippen LogP contribution in [-0.2, 0) is 17.8 Å². The number of benzene rings is 1. The molecule has 0 N–H and O–H groups in total. The van der Waals surface area contributed by atoms with Crippen molar-refractivity contribution in [1.29, 1.82) is 0 Å². The van der Waals surface area contributed by atoms with Gasteiger partial charge in [-0.15, -0.1) is 0 Å². The summed E-state index contributed by atoms with van der Waals surface area (Å²) in [5.41, 5.74) is 1.29. The molecular formula is C16H19N3O. The summed E-state index contributed by atoms with van der Waals surface area (Å²) in [5, 5.41) is 0. The Morgan fingerprint density at radius 3 is 2.80 bits per heavy atom. The number of carbonyl (C=O) groups excluding carboxylic acids is 1. The molecule has 104 valence electrons. The molecule has 1 aromatic carbocycles. The molecule has 0 saturated carbocycles. The van der Waals surface area contributed by atoms with Crippen LogP contribution in [0.15, 0.2) is 49.1 Å². The fraction of sp³-hybridized carbons (Fsp3) is 0.375. The molecule has 2 aromatic rings. The topological polar surface area (TPSA) is 38.1 Å². The van der Waals surface area contributed by atoms with E-state index in [4.69, 9.17) is 0 Å². The second kappa shape index (κ2) is 5.49. The van der Waals surface area contributed by atoms with E-state index in [0.717, 1.165) is 19.4 Å². The lowest BCUT2D eigenvalue weighted by atomic mass is 9.99. The summed E-state index contributed by atoms with van der Waals surface area (Å²) in [6.07, 6.45) is 7.30. The molecule has 1 saturated heterocycles. The van der Waals surface area contributed by atoms with E-state index >= 15 is 0 Å². The fourth-order valence-corrected chi connectivity index (χ4v) is 2.96. The SMILES string of the molecule is CN1C(=O)C(Cn2ccnc2)C[C@@H]1Cc1ccccc1. The van der Waals surface area contributed by atoms with Crippen molar-refractivity contribution >= 4 is 5.91 Å². The van der Waals surface area contributed by atoms with Gasteiger partial charge < -0.3 is 9.47 Å². The summed E-state index contributed by atoms with van der Waals surface area (Å²) < 4.78 is 1.99. The van der Waals surface area contributed by atoms with Crippen molar-refractivity contribution in [2.75, 3.05) is 7.05 Å². The van der Waals surface area contributed by atoms with Crippen LogP contribution in [0.25, 0.3) is 0 Å². The van der Waals surface area contributed by atoms with Crippen molar-refractivity contribution < 1.29 is 4.79 Å². The van der Waals surface area contributed by atoms with E-state index in [1.807, 2.05) is 28.8 Å². The Morgan fingerprint density at radius 1 is 1.30 bits per heavy atom. The highest BCUT2D eigenvalue weighted by Gasteiger charge is 2.36. The summed E-state index contributed by atoms with van der Waals surface area (Å²) >= 11 is 0. The van der Waals surface area contributed by atoms with Crippen LogP contribution in [0.5, 0.6) is 0 Å². The maximum atomic E-state index is 12.3. The number of likely N-dealkylation sites (N-methyl/N-ethyl adjacent to an activating group) is 1. The van der Waals surface area contributed by atoms with Crippen LogP contribution in [0.1, 0.15) is 12.0 Å². The maximum absolute atomic E-state index is 12.3. The van der Waals surface area contributed by atoms with Gasteiger partial charge in [0.2, 0.25) is 5.91 Å². The second-order valence-corrected chi connectivity index (χ2v) is 5.48. The number of imidazole rings is 1. The number of rotatable bonds is 4. The predicted molar refractivity (Wildman–Crippen MR) is 77.0 cm³/mol. The van der Waals surface area contributed by atoms with Gasteiger partial charge in [0.25, 0.3) is 0 Å². The first-order valence-electron chi connectivity index (χ1n) is 7.00. The van der Waals surface area contributed by atoms with Gasteiger partial charge in [-0.3, -0.25) is 4.79 Å². The number of nitrogens with zero attached hydrogens (tertiary/aromatic N) is 3. The smallest absolute Gasteiger partial charge is 0.227 e. The van der Waals surface area contributed by atoms with Crippen LogP contribution in [0.3, 0.4) is 0 Å². The molecule has 3 rings (SSSR count). The first-order chi connectivity index (χ1) is 9.74. The van der Waals surface area contributed by atoms with Gasteiger partial charge in [0.1, 0.15) is 0 Å². The molecule has 4 heteroatoms. The average Bonchev–Trinajstić information content (AvgIpc) is 3.06. The van der Waals surface area contributed by atoms with Crippen molar-refractivity contribution in [3.8, 4) is 0 Å². The minimum Gasteiger partial charge on any atom is -0.342 e. The fourth-order valence-electron chi connectivity index (χ4n) is 2.96. The zero-order valence-corrected chi connectivity index (χ0v) is 11.6. The molecule has 2 atom stereocenters. The summed E-state index contributed by atoms with van der Waals surface area (Å²) in [5.74, 6) is 0.322. The number of likely N-dealkylation sites (tertiary alicyclic amines) is 1. The zero-order valence-electron chi connectivity index (χ0n) is 11.6. The molecule has 1 amide bonds. The third kappa shape index (κ3) is 2.59. The Labute approximate surface area is 119 Å². The Hall–Kier alpha value is -2.10. The predicted octanol–water partition coefficient (Wildman–Crippen LogP) is 1.97. The van der Waals surface area contributed by atoms with Gasteiger partial charge in [-0.2, -0.15) is 0 Å². The molecule has 0 spiro atoms. The highest BCUT2D eigenvalue weighted by molar-refractivity contribution is 5.81. The Bertz CT molecular complexity index is 565. The van der Waals surface area contributed by atoms with E-state index < -0.39 is 0 Å². The van der Waals surface area contributed by atoms with E-state index in [1.54, 1.807) is 12.5 Å². The third-order valence-electron chi connectivity index (χ3n) is 4.11. The van der Waals surface area contributed by atoms with Crippen molar-refractivity contribution in [3.05, 3.63) is 54.6 Å². The van der Waals surface area contributed by atoms with Gasteiger partial charge in [-0.05, 0) is 18.4 Å². The molecule has 1 aliphatic heterocycles. The minimum atomic E-state index is 0.0721. The lowest BCUT2D eigenvalue weighted by Crippen LogP contribution is -2.31. The molecule has 0 radical (unpaired) electrons. The summed E-state index contributed by atoms with van der Waals surface area (Å²) in [6, 6.07) is 10.7. The molecule has 2 heterocycles. The van der Waals surface area contributed by atoms with Crippen LogP contribution >= 0.6 is 0 Å². The van der Waals surface area contributed by atoms with Crippen LogP contribution in [0.2, 0.25) is 0 Å². The number of hydrogen-bond acceptors (Lipinski definition) is 2. The number of carbonyl (C=O) groups is 1. The summed E-state index contributed by atoms with van der Waals surface area (Å²) in [4.78, 5) is 18.3. The number of amides is 1. The maximum Gasteiger partial charge on any atom is 0.227 e. The summed E-state index contributed by atoms with van der Waals surface area (Å²) in [7, 11) is 1.92. The molecule has 1 aliphatic rings. The first-order valence-corrected chi connectivity index (χ1v) is 7.00. The molecule has 4 nitrogen and oxygen atoms in total. The largest absolute Gasteiger partial charge is 0.342 e. The normalized spacial score (nSPS) is 22.4. The summed E-state index contributed by atoms with van der Waals surface area (Å²) in [6.45, 7) is 0.731.